The second-order valence-corrected chi connectivity index (χ2v) is 8.02. The second-order valence-electron chi connectivity index (χ2n) is 5.12. The van der Waals surface area contributed by atoms with E-state index in [9.17, 15) is 13.2 Å². The third kappa shape index (κ3) is 7.92. The van der Waals surface area contributed by atoms with Crippen molar-refractivity contribution in [2.45, 2.75) is 20.5 Å². The predicted octanol–water partition coefficient (Wildman–Crippen LogP) is 2.85. The molecule has 7 heteroatoms. The maximum Gasteiger partial charge on any atom is 0.410 e. The third-order valence-electron chi connectivity index (χ3n) is 2.65. The highest BCUT2D eigenvalue weighted by molar-refractivity contribution is 8.13. The van der Waals surface area contributed by atoms with E-state index in [0.29, 0.717) is 6.54 Å². The predicted molar refractivity (Wildman–Crippen MR) is 82.7 cm³/mol. The number of benzene rings is 1. The average Bonchev–Trinajstić information content (AvgIpc) is 2.40. The lowest BCUT2D eigenvalue weighted by Crippen LogP contribution is -2.37. The van der Waals surface area contributed by atoms with Crippen LogP contribution in [0.1, 0.15) is 19.4 Å². The molecule has 5 nitrogen and oxygen atoms in total. The van der Waals surface area contributed by atoms with Crippen LogP contribution in [0.25, 0.3) is 0 Å². The Labute approximate surface area is 130 Å². The molecule has 0 aliphatic heterocycles. The molecule has 0 spiro atoms. The van der Waals surface area contributed by atoms with Crippen molar-refractivity contribution < 1.29 is 17.9 Å². The summed E-state index contributed by atoms with van der Waals surface area (Å²) in [5.41, 5.74) is 0.875. The van der Waals surface area contributed by atoms with Gasteiger partial charge in [-0.15, -0.1) is 0 Å². The summed E-state index contributed by atoms with van der Waals surface area (Å²) in [4.78, 5) is 13.4. The van der Waals surface area contributed by atoms with E-state index < -0.39 is 15.1 Å². The summed E-state index contributed by atoms with van der Waals surface area (Å²) in [5, 5.41) is 0. The Kier molecular flexibility index (Phi) is 6.98. The largest absolute Gasteiger partial charge is 0.445 e. The molecule has 1 aromatic rings. The van der Waals surface area contributed by atoms with Gasteiger partial charge in [-0.1, -0.05) is 44.2 Å². The van der Waals surface area contributed by atoms with Crippen LogP contribution in [0.15, 0.2) is 30.3 Å². The second kappa shape index (κ2) is 8.24. The first-order valence-electron chi connectivity index (χ1n) is 6.66. The van der Waals surface area contributed by atoms with E-state index in [4.69, 9.17) is 15.4 Å². The Morgan fingerprint density at radius 1 is 1.29 bits per heavy atom. The lowest BCUT2D eigenvalue weighted by Gasteiger charge is -2.23. The summed E-state index contributed by atoms with van der Waals surface area (Å²) in [7, 11) is 1.55. The number of hydrogen-bond acceptors (Lipinski definition) is 4. The summed E-state index contributed by atoms with van der Waals surface area (Å²) < 4.78 is 27.2. The van der Waals surface area contributed by atoms with Gasteiger partial charge < -0.3 is 9.64 Å². The van der Waals surface area contributed by atoms with E-state index in [-0.39, 0.29) is 24.8 Å². The fraction of sp³-hybridized carbons (Fsp3) is 0.500. The number of amides is 1. The molecule has 0 atom stereocenters. The van der Waals surface area contributed by atoms with Crippen LogP contribution in [-0.4, -0.2) is 38.3 Å². The Hall–Kier alpha value is -1.27. The molecule has 0 radical (unpaired) electrons. The van der Waals surface area contributed by atoms with Crippen LogP contribution in [0.3, 0.4) is 0 Å². The molecule has 118 valence electrons. The van der Waals surface area contributed by atoms with Crippen LogP contribution in [0.5, 0.6) is 0 Å². The molecule has 0 N–H and O–H groups in total. The van der Waals surface area contributed by atoms with E-state index in [1.807, 2.05) is 44.2 Å². The van der Waals surface area contributed by atoms with Gasteiger partial charge in [-0.05, 0) is 11.5 Å². The minimum atomic E-state index is -3.63. The van der Waals surface area contributed by atoms with Gasteiger partial charge in [-0.3, -0.25) is 0 Å². The molecule has 0 fully saturated rings. The Morgan fingerprint density at radius 2 is 1.90 bits per heavy atom. The first-order chi connectivity index (χ1) is 9.78. The molecule has 0 aliphatic rings. The number of ether oxygens (including phenoxy) is 1. The zero-order valence-corrected chi connectivity index (χ0v) is 13.7. The highest BCUT2D eigenvalue weighted by Gasteiger charge is 2.19. The third-order valence-corrected chi connectivity index (χ3v) is 3.79. The van der Waals surface area contributed by atoms with E-state index in [1.165, 1.54) is 4.90 Å². The van der Waals surface area contributed by atoms with E-state index in [2.05, 4.69) is 0 Å². The minimum Gasteiger partial charge on any atom is -0.445 e. The van der Waals surface area contributed by atoms with Gasteiger partial charge >= 0.3 is 6.09 Å². The van der Waals surface area contributed by atoms with Gasteiger partial charge in [0.15, 0.2) is 0 Å². The van der Waals surface area contributed by atoms with Crippen LogP contribution < -0.4 is 0 Å². The number of hydrogen-bond donors (Lipinski definition) is 0. The lowest BCUT2D eigenvalue weighted by molar-refractivity contribution is 0.0943. The summed E-state index contributed by atoms with van der Waals surface area (Å²) >= 11 is 0. The van der Waals surface area contributed by atoms with Gasteiger partial charge in [0.1, 0.15) is 6.61 Å². The molecule has 0 saturated heterocycles. The normalized spacial score (nSPS) is 11.4. The quantitative estimate of drug-likeness (QED) is 0.720. The van der Waals surface area contributed by atoms with Gasteiger partial charge in [0.05, 0.1) is 5.75 Å². The number of rotatable bonds is 7. The van der Waals surface area contributed by atoms with Crippen LogP contribution >= 0.6 is 10.7 Å². The smallest absolute Gasteiger partial charge is 0.410 e. The molecule has 0 saturated carbocycles. The summed E-state index contributed by atoms with van der Waals surface area (Å²) in [6.45, 7) is 4.47. The summed E-state index contributed by atoms with van der Waals surface area (Å²) in [5.74, 6) is -0.0888. The van der Waals surface area contributed by atoms with E-state index in [1.54, 1.807) is 0 Å². The van der Waals surface area contributed by atoms with Gasteiger partial charge in [0.2, 0.25) is 9.05 Å². The van der Waals surface area contributed by atoms with Gasteiger partial charge in [0.25, 0.3) is 0 Å². The molecule has 0 aliphatic carbocycles. The Bertz CT molecular complexity index is 545. The molecule has 0 unspecified atom stereocenters. The molecule has 1 rings (SSSR count). The van der Waals surface area contributed by atoms with Crippen molar-refractivity contribution in [3.05, 3.63) is 35.9 Å². The number of nitrogens with zero attached hydrogens (tertiary/aromatic N) is 1. The SMILES string of the molecule is CC(C)CN(CCS(=O)(=O)Cl)C(=O)OCc1ccccc1. The topological polar surface area (TPSA) is 63.7 Å². The fourth-order valence-electron chi connectivity index (χ4n) is 1.73. The number of halogens is 1. The highest BCUT2D eigenvalue weighted by Crippen LogP contribution is 2.07. The number of carbonyl (C=O) groups excluding carboxylic acids is 1. The van der Waals surface area contributed by atoms with Crippen LogP contribution in [0, 0.1) is 5.92 Å². The average molecular weight is 334 g/mol. The Morgan fingerprint density at radius 3 is 2.43 bits per heavy atom. The molecule has 0 bridgehead atoms. The van der Waals surface area contributed by atoms with Crippen molar-refractivity contribution in [1.82, 2.24) is 4.90 Å². The minimum absolute atomic E-state index is 0.0254. The van der Waals surface area contributed by atoms with Gasteiger partial charge in [0, 0.05) is 23.8 Å². The van der Waals surface area contributed by atoms with Crippen LogP contribution in [0.4, 0.5) is 4.79 Å². The maximum absolute atomic E-state index is 12.0. The van der Waals surface area contributed by atoms with Crippen LogP contribution in [-0.2, 0) is 20.4 Å². The standard InChI is InChI=1S/C14H20ClNO4S/c1-12(2)10-16(8-9-21(15,18)19)14(17)20-11-13-6-4-3-5-7-13/h3-7,12H,8-11H2,1-2H3. The summed E-state index contributed by atoms with van der Waals surface area (Å²) in [6.07, 6.45) is -0.534. The molecular weight excluding hydrogens is 314 g/mol. The molecule has 0 aromatic heterocycles. The fourth-order valence-corrected chi connectivity index (χ4v) is 2.37. The van der Waals surface area contributed by atoms with Crippen molar-refractivity contribution in [3.63, 3.8) is 0 Å². The molecule has 1 amide bonds. The van der Waals surface area contributed by atoms with Gasteiger partial charge in [-0.25, -0.2) is 13.2 Å². The zero-order valence-electron chi connectivity index (χ0n) is 12.2. The van der Waals surface area contributed by atoms with Crippen LogP contribution in [0.2, 0.25) is 0 Å². The first kappa shape index (κ1) is 17.8. The first-order valence-corrected chi connectivity index (χ1v) is 9.13. The van der Waals surface area contributed by atoms with Crippen molar-refractivity contribution >= 4 is 25.8 Å². The maximum atomic E-state index is 12.0. The zero-order chi connectivity index (χ0) is 15.9. The molecule has 21 heavy (non-hydrogen) atoms. The van der Waals surface area contributed by atoms with Crippen molar-refractivity contribution in [1.29, 1.82) is 0 Å². The number of carbonyl (C=O) groups is 1. The van der Waals surface area contributed by atoms with E-state index in [0.717, 1.165) is 5.56 Å². The molecule has 1 aromatic carbocycles. The Balaban J connectivity index is 2.58. The van der Waals surface area contributed by atoms with Gasteiger partial charge in [-0.2, -0.15) is 0 Å². The highest BCUT2D eigenvalue weighted by atomic mass is 35.7. The molecule has 0 heterocycles. The van der Waals surface area contributed by atoms with Crippen molar-refractivity contribution in [3.8, 4) is 0 Å². The lowest BCUT2D eigenvalue weighted by atomic mass is 10.2. The molecular formula is C14H20ClNO4S. The van der Waals surface area contributed by atoms with E-state index >= 15 is 0 Å². The monoisotopic (exact) mass is 333 g/mol. The summed E-state index contributed by atoms with van der Waals surface area (Å²) in [6, 6.07) is 9.29. The van der Waals surface area contributed by atoms with Crippen molar-refractivity contribution in [2.24, 2.45) is 5.92 Å². The van der Waals surface area contributed by atoms with Crippen molar-refractivity contribution in [2.75, 3.05) is 18.8 Å².